The Morgan fingerprint density at radius 1 is 1.56 bits per heavy atom. The van der Waals surface area contributed by atoms with E-state index in [0.29, 0.717) is 12.7 Å². The third kappa shape index (κ3) is 0.961. The minimum atomic E-state index is 0.562. The van der Waals surface area contributed by atoms with Gasteiger partial charge < -0.3 is 10.3 Å². The topological polar surface area (TPSA) is 29.5 Å². The van der Waals surface area contributed by atoms with Crippen LogP contribution in [0.4, 0.5) is 0 Å². The van der Waals surface area contributed by atoms with Crippen LogP contribution < -0.4 is 0 Å². The van der Waals surface area contributed by atoms with Crippen LogP contribution in [-0.4, -0.2) is 40.8 Å². The van der Waals surface area contributed by atoms with Crippen LogP contribution in [0.25, 0.3) is 0 Å². The summed E-state index contributed by atoms with van der Waals surface area (Å²) in [6.45, 7) is 1.37. The van der Waals surface area contributed by atoms with Crippen molar-refractivity contribution in [2.24, 2.45) is 0 Å². The first-order valence-corrected chi connectivity index (χ1v) is 4.25. The molecule has 4 heteroatoms. The summed E-state index contributed by atoms with van der Waals surface area (Å²) in [6, 6.07) is 0.562. The summed E-state index contributed by atoms with van der Waals surface area (Å²) in [5, 5.41) is 11.9. The Balaban J connectivity index is 2.02. The predicted molar refractivity (Wildman–Crippen MR) is 37.9 cm³/mol. The molecule has 2 heterocycles. The van der Waals surface area contributed by atoms with E-state index in [1.807, 2.05) is 11.8 Å². The maximum absolute atomic E-state index is 10.7. The standard InChI is InChI=1S/C5H9N2OS/c8-7-1-5-2-9-4-6(5)3-7/h5H,1-4H2/q-1. The van der Waals surface area contributed by atoms with Crippen molar-refractivity contribution in [3.8, 4) is 0 Å². The molecule has 0 N–H and O–H groups in total. The van der Waals surface area contributed by atoms with E-state index in [-0.39, 0.29) is 0 Å². The first-order valence-electron chi connectivity index (χ1n) is 3.10. The molecule has 0 spiro atoms. The molecular weight excluding hydrogens is 136 g/mol. The Morgan fingerprint density at radius 2 is 2.44 bits per heavy atom. The van der Waals surface area contributed by atoms with E-state index in [4.69, 9.17) is 0 Å². The molecule has 1 unspecified atom stereocenters. The first kappa shape index (κ1) is 5.97. The van der Waals surface area contributed by atoms with Crippen LogP contribution in [0.5, 0.6) is 0 Å². The quantitative estimate of drug-likeness (QED) is 0.484. The lowest BCUT2D eigenvalue weighted by Crippen LogP contribution is -2.24. The van der Waals surface area contributed by atoms with Gasteiger partial charge in [0.1, 0.15) is 0 Å². The largest absolute Gasteiger partial charge is 0.784 e. The second kappa shape index (κ2) is 2.12. The molecule has 52 valence electrons. The number of rotatable bonds is 0. The average molecular weight is 145 g/mol. The van der Waals surface area contributed by atoms with Crippen LogP contribution in [0.1, 0.15) is 0 Å². The van der Waals surface area contributed by atoms with Crippen LogP contribution in [0, 0.1) is 5.21 Å². The normalized spacial score (nSPS) is 37.7. The molecule has 0 saturated carbocycles. The number of hydrogen-bond acceptors (Lipinski definition) is 4. The highest BCUT2D eigenvalue weighted by atomic mass is 32.2. The number of hydrogen-bond donors (Lipinski definition) is 0. The number of nitrogens with zero attached hydrogens (tertiary/aromatic N) is 2. The molecular formula is C5H9N2OS-. The second-order valence-corrected chi connectivity index (χ2v) is 3.55. The van der Waals surface area contributed by atoms with E-state index < -0.39 is 0 Å². The highest BCUT2D eigenvalue weighted by Gasteiger charge is 2.29. The Kier molecular flexibility index (Phi) is 1.41. The molecule has 0 radical (unpaired) electrons. The van der Waals surface area contributed by atoms with Gasteiger partial charge in [-0.3, -0.25) is 4.90 Å². The fourth-order valence-electron chi connectivity index (χ4n) is 1.34. The van der Waals surface area contributed by atoms with Crippen molar-refractivity contribution in [1.82, 2.24) is 9.96 Å². The SMILES string of the molecule is [O-]N1CC2CSCN2C1. The fourth-order valence-corrected chi connectivity index (χ4v) is 2.56. The lowest BCUT2D eigenvalue weighted by atomic mass is 10.3. The van der Waals surface area contributed by atoms with Crippen LogP contribution in [0.3, 0.4) is 0 Å². The molecule has 2 rings (SSSR count). The van der Waals surface area contributed by atoms with Crippen molar-refractivity contribution in [2.75, 3.05) is 24.8 Å². The van der Waals surface area contributed by atoms with Gasteiger partial charge in [-0.2, -0.15) is 0 Å². The predicted octanol–water partition coefficient (Wildman–Crippen LogP) is 0.132. The summed E-state index contributed by atoms with van der Waals surface area (Å²) in [7, 11) is 0. The lowest BCUT2D eigenvalue weighted by Gasteiger charge is -2.20. The highest BCUT2D eigenvalue weighted by Crippen LogP contribution is 2.25. The third-order valence-corrected chi connectivity index (χ3v) is 2.97. The molecule has 9 heavy (non-hydrogen) atoms. The van der Waals surface area contributed by atoms with Gasteiger partial charge in [-0.15, -0.1) is 11.8 Å². The monoisotopic (exact) mass is 145 g/mol. The Hall–Kier alpha value is 0.230. The van der Waals surface area contributed by atoms with Gasteiger partial charge in [-0.1, -0.05) is 0 Å². The van der Waals surface area contributed by atoms with E-state index in [9.17, 15) is 5.21 Å². The molecule has 0 aromatic carbocycles. The van der Waals surface area contributed by atoms with Crippen LogP contribution >= 0.6 is 11.8 Å². The molecule has 0 aromatic heterocycles. The summed E-state index contributed by atoms with van der Waals surface area (Å²) >= 11 is 1.93. The Bertz CT molecular complexity index is 110. The maximum atomic E-state index is 10.7. The first-order chi connectivity index (χ1) is 4.36. The Morgan fingerprint density at radius 3 is 3.22 bits per heavy atom. The zero-order valence-electron chi connectivity index (χ0n) is 5.12. The van der Waals surface area contributed by atoms with Crippen LogP contribution in [0.15, 0.2) is 0 Å². The maximum Gasteiger partial charge on any atom is 0.0460 e. The highest BCUT2D eigenvalue weighted by molar-refractivity contribution is 7.99. The molecule has 0 aliphatic carbocycles. The molecule has 1 atom stereocenters. The molecule has 2 saturated heterocycles. The lowest BCUT2D eigenvalue weighted by molar-refractivity contribution is 0.308. The number of hydroxylamine groups is 2. The fraction of sp³-hybridized carbons (Fsp3) is 1.00. The van der Waals surface area contributed by atoms with Crippen LogP contribution in [0.2, 0.25) is 0 Å². The van der Waals surface area contributed by atoms with Crippen molar-refractivity contribution in [3.05, 3.63) is 5.21 Å². The molecule has 3 nitrogen and oxygen atoms in total. The smallest absolute Gasteiger partial charge is 0.0460 e. The minimum absolute atomic E-state index is 0.562. The van der Waals surface area contributed by atoms with E-state index in [1.54, 1.807) is 0 Å². The van der Waals surface area contributed by atoms with Crippen molar-refractivity contribution >= 4 is 11.8 Å². The molecule has 2 aliphatic rings. The average Bonchev–Trinajstić information content (AvgIpc) is 2.22. The molecule has 0 bridgehead atoms. The summed E-state index contributed by atoms with van der Waals surface area (Å²) in [5.74, 6) is 2.21. The summed E-state index contributed by atoms with van der Waals surface area (Å²) < 4.78 is 0. The zero-order chi connectivity index (χ0) is 6.27. The van der Waals surface area contributed by atoms with Gasteiger partial charge in [0.15, 0.2) is 0 Å². The number of fused-ring (bicyclic) bond motifs is 1. The van der Waals surface area contributed by atoms with Gasteiger partial charge in [0.2, 0.25) is 0 Å². The van der Waals surface area contributed by atoms with E-state index in [0.717, 1.165) is 23.2 Å². The molecule has 2 fully saturated rings. The van der Waals surface area contributed by atoms with E-state index in [1.165, 1.54) is 0 Å². The van der Waals surface area contributed by atoms with Gasteiger partial charge in [-0.05, 0) is 0 Å². The van der Waals surface area contributed by atoms with Gasteiger partial charge in [0.25, 0.3) is 0 Å². The molecule has 0 amide bonds. The van der Waals surface area contributed by atoms with Crippen molar-refractivity contribution in [1.29, 1.82) is 0 Å². The van der Waals surface area contributed by atoms with E-state index in [2.05, 4.69) is 4.90 Å². The second-order valence-electron chi connectivity index (χ2n) is 2.55. The van der Waals surface area contributed by atoms with Crippen molar-refractivity contribution < 1.29 is 0 Å². The van der Waals surface area contributed by atoms with Gasteiger partial charge in [0.05, 0.1) is 0 Å². The van der Waals surface area contributed by atoms with Crippen molar-refractivity contribution in [3.63, 3.8) is 0 Å². The van der Waals surface area contributed by atoms with Gasteiger partial charge in [-0.25, -0.2) is 0 Å². The Labute approximate surface area is 58.6 Å². The minimum Gasteiger partial charge on any atom is -0.784 e. The molecule has 2 aliphatic heterocycles. The van der Waals surface area contributed by atoms with E-state index >= 15 is 0 Å². The van der Waals surface area contributed by atoms with Crippen LogP contribution in [-0.2, 0) is 0 Å². The van der Waals surface area contributed by atoms with Gasteiger partial charge in [0, 0.05) is 30.9 Å². The molecule has 0 aromatic rings. The zero-order valence-corrected chi connectivity index (χ0v) is 5.93. The van der Waals surface area contributed by atoms with Crippen molar-refractivity contribution in [2.45, 2.75) is 6.04 Å². The third-order valence-electron chi connectivity index (χ3n) is 1.84. The summed E-state index contributed by atoms with van der Waals surface area (Å²) in [6.07, 6.45) is 0. The summed E-state index contributed by atoms with van der Waals surface area (Å²) in [4.78, 5) is 2.23. The van der Waals surface area contributed by atoms with Gasteiger partial charge >= 0.3 is 0 Å². The number of thioether (sulfide) groups is 1. The summed E-state index contributed by atoms with van der Waals surface area (Å²) in [5.41, 5.74) is 0.